The maximum absolute atomic E-state index is 13.2. The van der Waals surface area contributed by atoms with E-state index in [0.717, 1.165) is 48.0 Å². The van der Waals surface area contributed by atoms with Crippen LogP contribution in [0.15, 0.2) is 107 Å². The first-order valence-electron chi connectivity index (χ1n) is 18.0. The fourth-order valence-corrected chi connectivity index (χ4v) is 6.80. The first-order chi connectivity index (χ1) is 25.9. The fraction of sp³-hybridized carbons (Fsp3) is 0.429. The molecular weight excluding hydrogens is 725 g/mol. The van der Waals surface area contributed by atoms with Gasteiger partial charge in [-0.3, -0.25) is 0 Å². The largest absolute Gasteiger partial charge is 0.460 e. The smallest absolute Gasteiger partial charge is 0.408 e. The van der Waals surface area contributed by atoms with Crippen LogP contribution in [0.25, 0.3) is 0 Å². The van der Waals surface area contributed by atoms with Crippen molar-refractivity contribution in [1.82, 2.24) is 10.6 Å². The molecule has 12 heteroatoms. The Morgan fingerprint density at radius 3 is 1.28 bits per heavy atom. The van der Waals surface area contributed by atoms with Crippen molar-refractivity contribution in [2.45, 2.75) is 92.5 Å². The zero-order valence-electron chi connectivity index (χ0n) is 32.4. The number of rotatable bonds is 23. The van der Waals surface area contributed by atoms with Crippen LogP contribution >= 0.6 is 21.6 Å². The van der Waals surface area contributed by atoms with E-state index in [4.69, 9.17) is 18.9 Å². The van der Waals surface area contributed by atoms with Crippen LogP contribution in [0.4, 0.5) is 9.59 Å². The average molecular weight is 781 g/mol. The van der Waals surface area contributed by atoms with Crippen molar-refractivity contribution in [1.29, 1.82) is 0 Å². The van der Waals surface area contributed by atoms with E-state index in [1.807, 2.05) is 114 Å². The summed E-state index contributed by atoms with van der Waals surface area (Å²) in [4.78, 5) is 51.8. The molecule has 2 atom stereocenters. The van der Waals surface area contributed by atoms with E-state index >= 15 is 0 Å². The molecule has 0 aliphatic heterocycles. The highest BCUT2D eigenvalue weighted by molar-refractivity contribution is 8.76. The van der Waals surface area contributed by atoms with Crippen molar-refractivity contribution in [3.63, 3.8) is 0 Å². The number of hydrogen-bond acceptors (Lipinski definition) is 10. The lowest BCUT2D eigenvalue weighted by molar-refractivity contribution is -0.145. The summed E-state index contributed by atoms with van der Waals surface area (Å²) in [5, 5.41) is 5.23. The SMILES string of the molecule is CC(C)=CCC/C(C)=C/COC(=O)[C@@H](CSSC[C@@H](NC(=O)OCc1ccccc1)C(=O)OC/C=C(\C)CCC=C(C)C)NC(=O)OCc1ccccc1. The van der Waals surface area contributed by atoms with E-state index in [9.17, 15) is 19.2 Å². The highest BCUT2D eigenvalue weighted by Crippen LogP contribution is 2.24. The second-order valence-electron chi connectivity index (χ2n) is 13.1. The number of carbonyl (C=O) groups is 4. The summed E-state index contributed by atoms with van der Waals surface area (Å²) in [6.07, 6.45) is 9.93. The van der Waals surface area contributed by atoms with E-state index in [0.29, 0.717) is 0 Å². The quantitative estimate of drug-likeness (QED) is 0.0370. The van der Waals surface area contributed by atoms with Crippen LogP contribution in [-0.4, -0.2) is 60.9 Å². The summed E-state index contributed by atoms with van der Waals surface area (Å²) in [6.45, 7) is 12.3. The van der Waals surface area contributed by atoms with Gasteiger partial charge >= 0.3 is 24.1 Å². The third-order valence-corrected chi connectivity index (χ3v) is 10.1. The Balaban J connectivity index is 2.04. The van der Waals surface area contributed by atoms with Crippen LogP contribution in [0.5, 0.6) is 0 Å². The highest BCUT2D eigenvalue weighted by atomic mass is 33.1. The van der Waals surface area contributed by atoms with Gasteiger partial charge in [0, 0.05) is 11.5 Å². The standard InChI is InChI=1S/C42H56N2O8S2/c1-31(2)15-13-17-33(5)23-25-49-39(45)37(43-41(47)51-27-35-19-9-7-10-20-35)29-53-54-30-38(44-42(48)52-28-36-21-11-8-12-22-36)40(46)50-26-24-34(6)18-14-16-32(3)4/h7-12,15-16,19-24,37-38H,13-14,17-18,25-30H2,1-6H3,(H,43,47)(H,44,48)/b33-23+,34-24+/t37-,38-/m1/s1. The minimum Gasteiger partial charge on any atom is -0.460 e. The van der Waals surface area contributed by atoms with Crippen LogP contribution in [0.1, 0.15) is 78.4 Å². The summed E-state index contributed by atoms with van der Waals surface area (Å²) in [5.41, 5.74) is 6.25. The lowest BCUT2D eigenvalue weighted by Crippen LogP contribution is -2.44. The molecule has 0 fully saturated rings. The third-order valence-electron chi connectivity index (χ3n) is 7.63. The molecule has 2 aromatic rings. The number of amides is 2. The maximum atomic E-state index is 13.2. The summed E-state index contributed by atoms with van der Waals surface area (Å²) in [5.74, 6) is -1.06. The molecule has 0 bridgehead atoms. The van der Waals surface area contributed by atoms with Crippen molar-refractivity contribution in [2.24, 2.45) is 0 Å². The third kappa shape index (κ3) is 21.9. The second kappa shape index (κ2) is 27.2. The van der Waals surface area contributed by atoms with E-state index in [1.165, 1.54) is 32.7 Å². The summed E-state index contributed by atoms with van der Waals surface area (Å²) < 4.78 is 21.7. The van der Waals surface area contributed by atoms with Gasteiger partial charge in [0.1, 0.15) is 38.5 Å². The average Bonchev–Trinajstić information content (AvgIpc) is 3.14. The van der Waals surface area contributed by atoms with Crippen molar-refractivity contribution >= 4 is 45.7 Å². The van der Waals surface area contributed by atoms with Gasteiger partial charge in [-0.15, -0.1) is 0 Å². The number of allylic oxidation sites excluding steroid dienone is 6. The molecule has 10 nitrogen and oxygen atoms in total. The molecule has 2 amide bonds. The Hall–Kier alpha value is -4.42. The molecule has 0 heterocycles. The number of benzene rings is 2. The lowest BCUT2D eigenvalue weighted by atomic mass is 10.1. The molecule has 0 saturated carbocycles. The molecule has 2 N–H and O–H groups in total. The Morgan fingerprint density at radius 2 is 0.926 bits per heavy atom. The number of carbonyl (C=O) groups excluding carboxylic acids is 4. The lowest BCUT2D eigenvalue weighted by Gasteiger charge is -2.19. The Bertz CT molecular complexity index is 1450. The summed E-state index contributed by atoms with van der Waals surface area (Å²) >= 11 is 0. The maximum Gasteiger partial charge on any atom is 0.408 e. The van der Waals surface area contributed by atoms with Gasteiger partial charge in [0.25, 0.3) is 0 Å². The van der Waals surface area contributed by atoms with Crippen LogP contribution in [0.3, 0.4) is 0 Å². The molecule has 0 aromatic heterocycles. The fourth-order valence-electron chi connectivity index (χ4n) is 4.50. The zero-order valence-corrected chi connectivity index (χ0v) is 34.0. The first kappa shape index (κ1) is 45.7. The van der Waals surface area contributed by atoms with Crippen LogP contribution < -0.4 is 10.6 Å². The van der Waals surface area contributed by atoms with Crippen molar-refractivity contribution in [3.05, 3.63) is 118 Å². The second-order valence-corrected chi connectivity index (χ2v) is 15.6. The molecule has 0 saturated heterocycles. The van der Waals surface area contributed by atoms with Crippen LogP contribution in [0, 0.1) is 0 Å². The molecule has 0 aliphatic rings. The van der Waals surface area contributed by atoms with Gasteiger partial charge in [0.15, 0.2) is 0 Å². The molecule has 0 unspecified atom stereocenters. The first-order valence-corrected chi connectivity index (χ1v) is 20.5. The Kier molecular flexibility index (Phi) is 23.0. The van der Waals surface area contributed by atoms with Gasteiger partial charge in [-0.05, 0) is 90.5 Å². The summed E-state index contributed by atoms with van der Waals surface area (Å²) in [7, 11) is 2.46. The molecule has 0 spiro atoms. The topological polar surface area (TPSA) is 129 Å². The van der Waals surface area contributed by atoms with E-state index in [2.05, 4.69) is 22.8 Å². The summed E-state index contributed by atoms with van der Waals surface area (Å²) in [6, 6.07) is 16.3. The molecule has 0 aliphatic carbocycles. The predicted octanol–water partition coefficient (Wildman–Crippen LogP) is 9.43. The Morgan fingerprint density at radius 1 is 0.556 bits per heavy atom. The normalized spacial score (nSPS) is 12.4. The van der Waals surface area contributed by atoms with Crippen molar-refractivity contribution in [2.75, 3.05) is 24.7 Å². The van der Waals surface area contributed by atoms with Gasteiger partial charge in [-0.2, -0.15) is 0 Å². The van der Waals surface area contributed by atoms with Crippen LogP contribution in [-0.2, 0) is 41.8 Å². The van der Waals surface area contributed by atoms with E-state index < -0.39 is 36.2 Å². The minimum absolute atomic E-state index is 0.0317. The zero-order chi connectivity index (χ0) is 39.6. The number of nitrogens with one attached hydrogen (secondary N) is 2. The monoisotopic (exact) mass is 780 g/mol. The van der Waals surface area contributed by atoms with Gasteiger partial charge in [-0.25, -0.2) is 19.2 Å². The number of esters is 2. The van der Waals surface area contributed by atoms with Gasteiger partial charge in [-0.1, -0.05) is 117 Å². The number of ether oxygens (including phenoxy) is 4. The van der Waals surface area contributed by atoms with Crippen molar-refractivity contribution < 1.29 is 38.1 Å². The molecule has 0 radical (unpaired) electrons. The van der Waals surface area contributed by atoms with Crippen molar-refractivity contribution in [3.8, 4) is 0 Å². The number of hydrogen-bond donors (Lipinski definition) is 2. The van der Waals surface area contributed by atoms with E-state index in [1.54, 1.807) is 0 Å². The molecular formula is C42H56N2O8S2. The number of alkyl carbamates (subject to hydrolysis) is 2. The van der Waals surface area contributed by atoms with Crippen LogP contribution in [0.2, 0.25) is 0 Å². The van der Waals surface area contributed by atoms with E-state index in [-0.39, 0.29) is 37.9 Å². The van der Waals surface area contributed by atoms with Gasteiger partial charge in [0.05, 0.1) is 0 Å². The molecule has 2 rings (SSSR count). The molecule has 54 heavy (non-hydrogen) atoms. The predicted molar refractivity (Wildman–Crippen MR) is 219 cm³/mol. The molecule has 294 valence electrons. The highest BCUT2D eigenvalue weighted by Gasteiger charge is 2.26. The Labute approximate surface area is 329 Å². The van der Waals surface area contributed by atoms with Gasteiger partial charge in [0.2, 0.25) is 0 Å². The molecule has 2 aromatic carbocycles. The minimum atomic E-state index is -1.04. The van der Waals surface area contributed by atoms with Gasteiger partial charge < -0.3 is 29.6 Å².